The number of aliphatic carboxylic acids is 2. The van der Waals surface area contributed by atoms with Crippen molar-refractivity contribution < 1.29 is 78.9 Å². The van der Waals surface area contributed by atoms with E-state index in [0.29, 0.717) is 6.42 Å². The Kier molecular flexibility index (Phi) is 21.3. The Morgan fingerprint density at radius 2 is 1.44 bits per heavy atom. The molecule has 0 saturated heterocycles. The molecule has 0 N–H and O–H groups in total. The van der Waals surface area contributed by atoms with Crippen LogP contribution < -0.4 is 69.3 Å². The van der Waals surface area contributed by atoms with Crippen LogP contribution in [0, 0.1) is 5.92 Å². The molecule has 0 aliphatic rings. The van der Waals surface area contributed by atoms with E-state index in [1.807, 2.05) is 0 Å². The molecule has 0 radical (unpaired) electrons. The van der Waals surface area contributed by atoms with E-state index in [-0.39, 0.29) is 59.1 Å². The smallest absolute Gasteiger partial charge is 0.550 e. The van der Waals surface area contributed by atoms with Crippen molar-refractivity contribution in [1.82, 2.24) is 0 Å². The Balaban J connectivity index is -0.00000112. The minimum atomic E-state index is -1.32. The predicted molar refractivity (Wildman–Crippen MR) is 56.1 cm³/mol. The van der Waals surface area contributed by atoms with Crippen LogP contribution in [0.2, 0.25) is 0 Å². The van der Waals surface area contributed by atoms with Crippen molar-refractivity contribution in [3.05, 3.63) is 0 Å². The molecule has 0 aromatic carbocycles. The summed E-state index contributed by atoms with van der Waals surface area (Å²) in [6, 6.07) is 0. The minimum absolute atomic E-state index is 0. The maximum atomic E-state index is 10.6. The van der Waals surface area contributed by atoms with Gasteiger partial charge in [0, 0.05) is 17.9 Å². The molecular weight excluding hydrogens is 254 g/mol. The van der Waals surface area contributed by atoms with Gasteiger partial charge in [0.2, 0.25) is 0 Å². The summed E-state index contributed by atoms with van der Waals surface area (Å²) in [5.74, 6) is -3.49. The minimum Gasteiger partial charge on any atom is -0.550 e. The van der Waals surface area contributed by atoms with Crippen LogP contribution in [0.15, 0.2) is 0 Å². The summed E-state index contributed by atoms with van der Waals surface area (Å²) in [4.78, 5) is 20.9. The zero-order chi connectivity index (χ0) is 12.4. The first kappa shape index (κ1) is 24.0. The van der Waals surface area contributed by atoms with Crippen molar-refractivity contribution in [2.24, 2.45) is 5.92 Å². The van der Waals surface area contributed by atoms with Crippen LogP contribution >= 0.6 is 0 Å². The summed E-state index contributed by atoms with van der Waals surface area (Å²) >= 11 is 0. The first-order chi connectivity index (χ1) is 7.57. The average Bonchev–Trinajstić information content (AvgIpc) is 2.20. The fourth-order valence-corrected chi connectivity index (χ4v) is 1.68. The Hall–Kier alpha value is 0.940. The molecule has 0 amide bonds. The van der Waals surface area contributed by atoms with Crippen molar-refractivity contribution in [2.45, 2.75) is 58.3 Å². The summed E-state index contributed by atoms with van der Waals surface area (Å²) in [5.41, 5.74) is 0. The number of hydrogen-bond acceptors (Lipinski definition) is 4. The number of unbranched alkanes of at least 4 members (excludes halogenated alkanes) is 5. The van der Waals surface area contributed by atoms with Gasteiger partial charge < -0.3 is 19.8 Å². The molecule has 0 saturated carbocycles. The van der Waals surface area contributed by atoms with Gasteiger partial charge in [0.25, 0.3) is 0 Å². The number of rotatable bonds is 10. The zero-order valence-corrected chi connectivity index (χ0v) is 15.9. The Morgan fingerprint density at radius 3 is 1.89 bits per heavy atom. The molecule has 0 fully saturated rings. The van der Waals surface area contributed by atoms with Crippen LogP contribution in [-0.2, 0) is 9.59 Å². The molecule has 4 nitrogen and oxygen atoms in total. The quantitative estimate of drug-likeness (QED) is 0.294. The summed E-state index contributed by atoms with van der Waals surface area (Å²) in [5, 5.41) is 20.9. The van der Waals surface area contributed by atoms with Gasteiger partial charge in [-0.3, -0.25) is 0 Å². The monoisotopic (exact) mass is 274 g/mol. The van der Waals surface area contributed by atoms with Gasteiger partial charge in [-0.05, 0) is 12.8 Å². The van der Waals surface area contributed by atoms with Gasteiger partial charge in [0.05, 0.1) is 0 Å². The second-order valence-electron chi connectivity index (χ2n) is 4.15. The molecule has 94 valence electrons. The molecule has 0 aromatic heterocycles. The van der Waals surface area contributed by atoms with Crippen LogP contribution in [0.3, 0.4) is 0 Å². The number of carboxylic acids is 2. The van der Waals surface area contributed by atoms with Crippen molar-refractivity contribution in [1.29, 1.82) is 0 Å². The molecule has 0 heterocycles. The SMILES string of the molecule is CCCCCCCCC(CC(=O)[O-])C(=O)[O-].[Na+].[Na+]. The molecule has 0 aliphatic carbocycles. The average molecular weight is 274 g/mol. The van der Waals surface area contributed by atoms with Crippen molar-refractivity contribution in [3.8, 4) is 0 Å². The summed E-state index contributed by atoms with van der Waals surface area (Å²) in [6.07, 6.45) is 6.26. The van der Waals surface area contributed by atoms with Gasteiger partial charge in [-0.1, -0.05) is 45.4 Å². The van der Waals surface area contributed by atoms with Gasteiger partial charge in [0.15, 0.2) is 0 Å². The zero-order valence-electron chi connectivity index (χ0n) is 11.9. The Morgan fingerprint density at radius 1 is 0.944 bits per heavy atom. The van der Waals surface area contributed by atoms with Gasteiger partial charge in [0.1, 0.15) is 0 Å². The maximum absolute atomic E-state index is 10.6. The van der Waals surface area contributed by atoms with Gasteiger partial charge in [-0.15, -0.1) is 0 Å². The van der Waals surface area contributed by atoms with Crippen molar-refractivity contribution in [2.75, 3.05) is 0 Å². The first-order valence-electron chi connectivity index (χ1n) is 5.98. The molecule has 18 heavy (non-hydrogen) atoms. The topological polar surface area (TPSA) is 80.3 Å². The van der Waals surface area contributed by atoms with Crippen LogP contribution in [0.25, 0.3) is 0 Å². The van der Waals surface area contributed by atoms with Gasteiger partial charge in [-0.2, -0.15) is 0 Å². The molecule has 1 atom stereocenters. The van der Waals surface area contributed by atoms with E-state index < -0.39 is 24.3 Å². The molecule has 0 spiro atoms. The number of carboxylic acid groups (broad SMARTS) is 2. The summed E-state index contributed by atoms with van der Waals surface area (Å²) in [7, 11) is 0. The van der Waals surface area contributed by atoms with Gasteiger partial charge >= 0.3 is 59.1 Å². The Bertz CT molecular complexity index is 222. The maximum Gasteiger partial charge on any atom is 1.00 e. The van der Waals surface area contributed by atoms with Gasteiger partial charge in [-0.25, -0.2) is 0 Å². The third-order valence-electron chi connectivity index (χ3n) is 2.65. The molecule has 0 bridgehead atoms. The molecule has 0 aliphatic heterocycles. The van der Waals surface area contributed by atoms with E-state index in [1.165, 1.54) is 12.8 Å². The van der Waals surface area contributed by atoms with Crippen molar-refractivity contribution in [3.63, 3.8) is 0 Å². The third-order valence-corrected chi connectivity index (χ3v) is 2.65. The van der Waals surface area contributed by atoms with Crippen LogP contribution in [0.1, 0.15) is 58.3 Å². The standard InChI is InChI=1S/C12H22O4.2Na/c1-2-3-4-5-6-7-8-10(12(15)16)9-11(13)14;;/h10H,2-9H2,1H3,(H,13,14)(H,15,16);;/q;2*+1/p-2. The molecule has 6 heteroatoms. The van der Waals surface area contributed by atoms with Crippen molar-refractivity contribution >= 4 is 11.9 Å². The summed E-state index contributed by atoms with van der Waals surface area (Å²) in [6.45, 7) is 2.13. The van der Waals surface area contributed by atoms with Crippen LogP contribution in [0.5, 0.6) is 0 Å². The number of hydrogen-bond donors (Lipinski definition) is 0. The normalized spacial score (nSPS) is 10.9. The van der Waals surface area contributed by atoms with E-state index in [1.54, 1.807) is 0 Å². The molecular formula is C12H20Na2O4. The van der Waals surface area contributed by atoms with E-state index in [0.717, 1.165) is 25.7 Å². The number of carbonyl (C=O) groups excluding carboxylic acids is 2. The van der Waals surface area contributed by atoms with E-state index in [4.69, 9.17) is 0 Å². The van der Waals surface area contributed by atoms with Crippen LogP contribution in [-0.4, -0.2) is 11.9 Å². The molecule has 0 rings (SSSR count). The van der Waals surface area contributed by atoms with E-state index >= 15 is 0 Å². The Labute approximate surface area is 153 Å². The van der Waals surface area contributed by atoms with Crippen LogP contribution in [0.4, 0.5) is 0 Å². The largest absolute Gasteiger partial charge is 1.00 e. The predicted octanol–water partition coefficient (Wildman–Crippen LogP) is -5.75. The number of carbonyl (C=O) groups is 2. The second-order valence-corrected chi connectivity index (χ2v) is 4.15. The molecule has 1 unspecified atom stereocenters. The fourth-order valence-electron chi connectivity index (χ4n) is 1.68. The first-order valence-corrected chi connectivity index (χ1v) is 5.98. The van der Waals surface area contributed by atoms with E-state index in [2.05, 4.69) is 6.92 Å². The summed E-state index contributed by atoms with van der Waals surface area (Å²) < 4.78 is 0. The molecule has 0 aromatic rings. The second kappa shape index (κ2) is 16.0. The third kappa shape index (κ3) is 15.0. The van der Waals surface area contributed by atoms with E-state index in [9.17, 15) is 19.8 Å². The fraction of sp³-hybridized carbons (Fsp3) is 0.833.